The van der Waals surface area contributed by atoms with Gasteiger partial charge in [-0.25, -0.2) is 4.68 Å². The molecule has 130 valence electrons. The molecule has 1 aromatic heterocycles. The zero-order valence-corrected chi connectivity index (χ0v) is 15.8. The third-order valence-electron chi connectivity index (χ3n) is 3.63. The van der Waals surface area contributed by atoms with Crippen molar-refractivity contribution in [3.63, 3.8) is 0 Å². The summed E-state index contributed by atoms with van der Waals surface area (Å²) < 4.78 is 6.67. The number of aromatic nitrogens is 3. The van der Waals surface area contributed by atoms with Gasteiger partial charge in [0.25, 0.3) is 0 Å². The molecule has 0 bridgehead atoms. The number of nitrogens with two attached hydrogens (primary N) is 1. The van der Waals surface area contributed by atoms with Crippen LogP contribution < -0.4 is 10.6 Å². The fourth-order valence-corrected chi connectivity index (χ4v) is 3.67. The Kier molecular flexibility index (Phi) is 5.73. The first-order valence-electron chi connectivity index (χ1n) is 7.46. The minimum Gasteiger partial charge on any atom is -0.497 e. The minimum atomic E-state index is 0.593. The summed E-state index contributed by atoms with van der Waals surface area (Å²) in [6.45, 7) is 0. The molecule has 5 nitrogen and oxygen atoms in total. The van der Waals surface area contributed by atoms with E-state index in [0.29, 0.717) is 33.2 Å². The smallest absolute Gasteiger partial charge is 0.210 e. The van der Waals surface area contributed by atoms with Crippen LogP contribution >= 0.6 is 35.0 Å². The maximum absolute atomic E-state index is 6.19. The van der Waals surface area contributed by atoms with E-state index in [1.807, 2.05) is 36.4 Å². The van der Waals surface area contributed by atoms with Gasteiger partial charge in [0.2, 0.25) is 5.16 Å². The average molecular weight is 395 g/mol. The molecule has 25 heavy (non-hydrogen) atoms. The Bertz CT molecular complexity index is 868. The van der Waals surface area contributed by atoms with Crippen molar-refractivity contribution in [1.29, 1.82) is 0 Å². The lowest BCUT2D eigenvalue weighted by Crippen LogP contribution is -2.14. The van der Waals surface area contributed by atoms with Crippen LogP contribution in [0.5, 0.6) is 5.75 Å². The number of ether oxygens (including phenoxy) is 1. The number of nitrogen functional groups attached to an aromatic ring is 1. The second kappa shape index (κ2) is 7.99. The monoisotopic (exact) mass is 394 g/mol. The van der Waals surface area contributed by atoms with E-state index in [2.05, 4.69) is 10.2 Å². The van der Waals surface area contributed by atoms with Crippen molar-refractivity contribution in [2.24, 2.45) is 0 Å². The summed E-state index contributed by atoms with van der Waals surface area (Å²) >= 11 is 13.6. The fourth-order valence-electron chi connectivity index (χ4n) is 2.23. The lowest BCUT2D eigenvalue weighted by atomic mass is 10.1. The Labute approximate surface area is 160 Å². The molecule has 0 aliphatic heterocycles. The highest BCUT2D eigenvalue weighted by Gasteiger charge is 2.12. The van der Waals surface area contributed by atoms with Gasteiger partial charge in [-0.2, -0.15) is 0 Å². The van der Waals surface area contributed by atoms with Crippen LogP contribution in [-0.4, -0.2) is 22.0 Å². The molecule has 2 N–H and O–H groups in total. The molecule has 0 aliphatic carbocycles. The van der Waals surface area contributed by atoms with Gasteiger partial charge in [0.05, 0.1) is 7.11 Å². The topological polar surface area (TPSA) is 66.0 Å². The fraction of sp³-hybridized carbons (Fsp3) is 0.176. The largest absolute Gasteiger partial charge is 0.497 e. The number of methoxy groups -OCH3 is 1. The number of halogens is 2. The Morgan fingerprint density at radius 1 is 1.12 bits per heavy atom. The highest BCUT2D eigenvalue weighted by atomic mass is 35.5. The Hall–Kier alpha value is -1.89. The molecule has 0 aliphatic rings. The summed E-state index contributed by atoms with van der Waals surface area (Å²) in [5, 5.41) is 10.2. The summed E-state index contributed by atoms with van der Waals surface area (Å²) in [6.07, 6.45) is 0.593. The van der Waals surface area contributed by atoms with E-state index in [0.717, 1.165) is 16.9 Å². The van der Waals surface area contributed by atoms with Crippen molar-refractivity contribution in [3.05, 3.63) is 69.5 Å². The second-order valence-corrected chi connectivity index (χ2v) is 7.10. The molecule has 8 heteroatoms. The number of hydrogen-bond acceptors (Lipinski definition) is 5. The number of benzene rings is 2. The molecule has 0 amide bonds. The van der Waals surface area contributed by atoms with Crippen molar-refractivity contribution in [3.8, 4) is 5.75 Å². The first-order chi connectivity index (χ1) is 12.1. The Morgan fingerprint density at radius 3 is 2.56 bits per heavy atom. The summed E-state index contributed by atoms with van der Waals surface area (Å²) in [7, 11) is 1.64. The highest BCUT2D eigenvalue weighted by molar-refractivity contribution is 7.98. The standard InChI is InChI=1S/C17H16Cl2N4OS/c1-24-14-6-2-11(3-7-14)8-16-21-22-17(23(16)20)25-10-12-4-5-13(18)9-15(12)19/h2-7,9H,8,10,20H2,1H3. The van der Waals surface area contributed by atoms with E-state index in [-0.39, 0.29) is 0 Å². The molecule has 2 aromatic carbocycles. The third-order valence-corrected chi connectivity index (χ3v) is 5.21. The Morgan fingerprint density at radius 2 is 1.88 bits per heavy atom. The van der Waals surface area contributed by atoms with Gasteiger partial charge in [0.1, 0.15) is 5.75 Å². The van der Waals surface area contributed by atoms with Crippen LogP contribution in [-0.2, 0) is 12.2 Å². The van der Waals surface area contributed by atoms with E-state index in [1.165, 1.54) is 16.4 Å². The maximum Gasteiger partial charge on any atom is 0.210 e. The molecule has 0 saturated heterocycles. The average Bonchev–Trinajstić information content (AvgIpc) is 2.95. The lowest BCUT2D eigenvalue weighted by Gasteiger charge is -2.06. The first kappa shape index (κ1) is 17.9. The SMILES string of the molecule is COc1ccc(Cc2nnc(SCc3ccc(Cl)cc3Cl)n2N)cc1. The quantitative estimate of drug-likeness (QED) is 0.501. The lowest BCUT2D eigenvalue weighted by molar-refractivity contribution is 0.414. The molecule has 3 rings (SSSR count). The summed E-state index contributed by atoms with van der Waals surface area (Å²) in [5.74, 6) is 8.26. The van der Waals surface area contributed by atoms with E-state index < -0.39 is 0 Å². The normalized spacial score (nSPS) is 10.8. The number of hydrogen-bond donors (Lipinski definition) is 1. The molecule has 0 atom stereocenters. The van der Waals surface area contributed by atoms with Crippen molar-refractivity contribution < 1.29 is 4.74 Å². The molecule has 0 spiro atoms. The predicted molar refractivity (Wildman–Crippen MR) is 102 cm³/mol. The van der Waals surface area contributed by atoms with E-state index in [9.17, 15) is 0 Å². The predicted octanol–water partition coefficient (Wildman–Crippen LogP) is 4.19. The van der Waals surface area contributed by atoms with Gasteiger partial charge in [-0.3, -0.25) is 0 Å². The maximum atomic E-state index is 6.19. The van der Waals surface area contributed by atoms with Crippen LogP contribution in [0.4, 0.5) is 0 Å². The zero-order chi connectivity index (χ0) is 17.8. The van der Waals surface area contributed by atoms with E-state index in [1.54, 1.807) is 13.2 Å². The summed E-state index contributed by atoms with van der Waals surface area (Å²) in [5.41, 5.74) is 2.05. The first-order valence-corrected chi connectivity index (χ1v) is 9.20. The minimum absolute atomic E-state index is 0.593. The summed E-state index contributed by atoms with van der Waals surface area (Å²) in [4.78, 5) is 0. The molecule has 0 saturated carbocycles. The van der Waals surface area contributed by atoms with Crippen molar-refractivity contribution in [1.82, 2.24) is 14.9 Å². The second-order valence-electron chi connectivity index (χ2n) is 5.32. The highest BCUT2D eigenvalue weighted by Crippen LogP contribution is 2.27. The van der Waals surface area contributed by atoms with Gasteiger partial charge in [-0.05, 0) is 35.4 Å². The van der Waals surface area contributed by atoms with Crippen molar-refractivity contribution >= 4 is 35.0 Å². The van der Waals surface area contributed by atoms with Gasteiger partial charge in [-0.15, -0.1) is 10.2 Å². The van der Waals surface area contributed by atoms with Crippen LogP contribution in [0.25, 0.3) is 0 Å². The van der Waals surface area contributed by atoms with Gasteiger partial charge < -0.3 is 10.6 Å². The van der Waals surface area contributed by atoms with Crippen LogP contribution in [0.3, 0.4) is 0 Å². The molecule has 1 heterocycles. The van der Waals surface area contributed by atoms with Gasteiger partial charge in [-0.1, -0.05) is 53.2 Å². The molecule has 0 fully saturated rings. The third kappa shape index (κ3) is 4.39. The van der Waals surface area contributed by atoms with Gasteiger partial charge >= 0.3 is 0 Å². The number of thioether (sulfide) groups is 1. The van der Waals surface area contributed by atoms with Gasteiger partial charge in [0, 0.05) is 22.2 Å². The van der Waals surface area contributed by atoms with Crippen LogP contribution in [0.2, 0.25) is 10.0 Å². The van der Waals surface area contributed by atoms with Crippen molar-refractivity contribution in [2.75, 3.05) is 13.0 Å². The summed E-state index contributed by atoms with van der Waals surface area (Å²) in [6, 6.07) is 13.2. The van der Waals surface area contributed by atoms with Crippen LogP contribution in [0.15, 0.2) is 47.6 Å². The zero-order valence-electron chi connectivity index (χ0n) is 13.4. The van der Waals surface area contributed by atoms with Crippen molar-refractivity contribution in [2.45, 2.75) is 17.3 Å². The number of nitrogens with zero attached hydrogens (tertiary/aromatic N) is 3. The van der Waals surface area contributed by atoms with E-state index in [4.69, 9.17) is 33.8 Å². The molecular formula is C17H16Cl2N4OS. The Balaban J connectivity index is 1.68. The molecule has 0 unspecified atom stereocenters. The molecule has 3 aromatic rings. The van der Waals surface area contributed by atoms with Crippen LogP contribution in [0.1, 0.15) is 17.0 Å². The van der Waals surface area contributed by atoms with Crippen LogP contribution in [0, 0.1) is 0 Å². The molecule has 0 radical (unpaired) electrons. The molecular weight excluding hydrogens is 379 g/mol. The number of rotatable bonds is 6. The van der Waals surface area contributed by atoms with Gasteiger partial charge in [0.15, 0.2) is 5.82 Å². The van der Waals surface area contributed by atoms with E-state index >= 15 is 0 Å².